The van der Waals surface area contributed by atoms with Crippen LogP contribution < -0.4 is 14.8 Å². The third kappa shape index (κ3) is 6.14. The highest BCUT2D eigenvalue weighted by Gasteiger charge is 2.32. The second kappa shape index (κ2) is 11.5. The number of benzene rings is 2. The number of ether oxygens (including phenoxy) is 3. The van der Waals surface area contributed by atoms with Gasteiger partial charge in [0.25, 0.3) is 0 Å². The van der Waals surface area contributed by atoms with Crippen LogP contribution in [0.15, 0.2) is 42.7 Å². The summed E-state index contributed by atoms with van der Waals surface area (Å²) >= 11 is 7.58. The highest BCUT2D eigenvalue weighted by Crippen LogP contribution is 2.40. The number of hydrogen-bond donors (Lipinski definition) is 1. The van der Waals surface area contributed by atoms with Gasteiger partial charge in [-0.2, -0.15) is 13.2 Å². The predicted octanol–water partition coefficient (Wildman–Crippen LogP) is 7.45. The van der Waals surface area contributed by atoms with E-state index in [1.165, 1.54) is 37.6 Å². The predicted molar refractivity (Wildman–Crippen MR) is 149 cm³/mol. The van der Waals surface area contributed by atoms with Crippen molar-refractivity contribution in [2.24, 2.45) is 0 Å². The van der Waals surface area contributed by atoms with Gasteiger partial charge in [-0.1, -0.05) is 11.6 Å². The molecular weight excluding hydrogens is 602 g/mol. The number of fused-ring (bicyclic) bond motifs is 2. The van der Waals surface area contributed by atoms with E-state index >= 15 is 4.39 Å². The number of alkyl halides is 3. The fourth-order valence-corrected chi connectivity index (χ4v) is 5.23. The largest absolute Gasteiger partial charge is 0.487 e. The number of thiazole rings is 1. The molecule has 0 spiro atoms. The number of methoxy groups -OCH3 is 1. The topological polar surface area (TPSA) is 108 Å². The number of halogens is 5. The van der Waals surface area contributed by atoms with Crippen LogP contribution in [0.2, 0.25) is 5.02 Å². The summed E-state index contributed by atoms with van der Waals surface area (Å²) in [6.45, 7) is 3.15. The number of carbonyl (C=O) groups is 1. The molecule has 9 nitrogen and oxygen atoms in total. The minimum Gasteiger partial charge on any atom is -0.487 e. The fourth-order valence-electron chi connectivity index (χ4n) is 3.92. The lowest BCUT2D eigenvalue weighted by molar-refractivity contribution is -0.141. The normalized spacial score (nSPS) is 12.4. The molecular formula is C27H20ClF4N5O4S. The van der Waals surface area contributed by atoms with E-state index in [1.54, 1.807) is 0 Å². The molecule has 0 saturated carbocycles. The van der Waals surface area contributed by atoms with Gasteiger partial charge >= 0.3 is 12.3 Å². The van der Waals surface area contributed by atoms with Gasteiger partial charge in [0.05, 0.1) is 40.9 Å². The first kappa shape index (κ1) is 29.2. The Morgan fingerprint density at radius 1 is 1.12 bits per heavy atom. The van der Waals surface area contributed by atoms with Crippen molar-refractivity contribution in [3.05, 3.63) is 64.8 Å². The maximum Gasteiger partial charge on any atom is 0.433 e. The molecule has 42 heavy (non-hydrogen) atoms. The van der Waals surface area contributed by atoms with Crippen molar-refractivity contribution in [1.82, 2.24) is 19.9 Å². The Hall–Kier alpha value is -4.30. The monoisotopic (exact) mass is 621 g/mol. The van der Waals surface area contributed by atoms with Gasteiger partial charge in [0.1, 0.15) is 34.0 Å². The number of nitrogens with zero attached hydrogens (tertiary/aromatic N) is 4. The number of anilines is 1. The Morgan fingerprint density at radius 3 is 2.60 bits per heavy atom. The molecule has 5 rings (SSSR count). The SMILES string of the molecule is COc1cnc2c(-c3nc4c(Cl)c(F)c(OC[C@@H](C)OC(=O)Nc5ccc(C(F)(F)F)nc5)cc4s3)cc(C)cc2n1. The second-order valence-electron chi connectivity index (χ2n) is 9.04. The van der Waals surface area contributed by atoms with Gasteiger partial charge < -0.3 is 14.2 Å². The zero-order chi connectivity index (χ0) is 30.2. The number of aryl methyl sites for hydroxylation is 1. The van der Waals surface area contributed by atoms with E-state index in [0.29, 0.717) is 32.2 Å². The number of hydrogen-bond acceptors (Lipinski definition) is 9. The molecule has 218 valence electrons. The van der Waals surface area contributed by atoms with Gasteiger partial charge in [0.2, 0.25) is 5.88 Å². The molecule has 3 heterocycles. The molecule has 1 amide bonds. The van der Waals surface area contributed by atoms with Crippen LogP contribution in [0, 0.1) is 12.7 Å². The zero-order valence-electron chi connectivity index (χ0n) is 22.0. The average Bonchev–Trinajstić information content (AvgIpc) is 3.37. The maximum absolute atomic E-state index is 15.1. The Labute approximate surface area is 244 Å². The average molecular weight is 622 g/mol. The molecule has 15 heteroatoms. The molecule has 0 bridgehead atoms. The molecule has 1 N–H and O–H groups in total. The van der Waals surface area contributed by atoms with Gasteiger partial charge in [-0.15, -0.1) is 11.3 Å². The number of pyridine rings is 1. The van der Waals surface area contributed by atoms with Gasteiger partial charge in [0.15, 0.2) is 11.6 Å². The van der Waals surface area contributed by atoms with E-state index in [-0.39, 0.29) is 28.6 Å². The minimum absolute atomic E-state index is 0.00287. The van der Waals surface area contributed by atoms with Gasteiger partial charge in [-0.25, -0.2) is 29.1 Å². The molecule has 3 aromatic heterocycles. The first-order chi connectivity index (χ1) is 19.9. The third-order valence-electron chi connectivity index (χ3n) is 5.82. The molecule has 0 saturated heterocycles. The molecule has 1 atom stereocenters. The Morgan fingerprint density at radius 2 is 1.90 bits per heavy atom. The van der Waals surface area contributed by atoms with Crippen molar-refractivity contribution in [3.63, 3.8) is 0 Å². The quantitative estimate of drug-likeness (QED) is 0.187. The van der Waals surface area contributed by atoms with Crippen molar-refractivity contribution in [2.75, 3.05) is 19.0 Å². The van der Waals surface area contributed by atoms with Gasteiger partial charge in [-0.05, 0) is 43.7 Å². The lowest BCUT2D eigenvalue weighted by atomic mass is 10.1. The minimum atomic E-state index is -4.61. The molecule has 0 radical (unpaired) electrons. The lowest BCUT2D eigenvalue weighted by Crippen LogP contribution is -2.25. The lowest BCUT2D eigenvalue weighted by Gasteiger charge is -2.15. The highest BCUT2D eigenvalue weighted by molar-refractivity contribution is 7.21. The standard InChI is InChI=1S/C27H20ClF4N5O4S/c1-12-6-15(23-16(7-12)36-20(39-3)10-34-23)25-37-24-18(42-25)8-17(22(29)21(24)28)40-11-13(2)41-26(38)35-14-4-5-19(33-9-14)27(30,31)32/h4-10,13H,11H2,1-3H3,(H,35,38)/t13-/m1/s1. The maximum atomic E-state index is 15.1. The van der Waals surface area contributed by atoms with Crippen LogP contribution in [0.1, 0.15) is 18.2 Å². The van der Waals surface area contributed by atoms with Crippen LogP contribution in [0.5, 0.6) is 11.6 Å². The highest BCUT2D eigenvalue weighted by atomic mass is 35.5. The molecule has 0 aliphatic carbocycles. The molecule has 0 unspecified atom stereocenters. The summed E-state index contributed by atoms with van der Waals surface area (Å²) in [6.07, 6.45) is -4.08. The van der Waals surface area contributed by atoms with Crippen molar-refractivity contribution in [1.29, 1.82) is 0 Å². The van der Waals surface area contributed by atoms with Gasteiger partial charge in [-0.3, -0.25) is 5.32 Å². The Kier molecular flexibility index (Phi) is 8.01. The summed E-state index contributed by atoms with van der Waals surface area (Å²) in [5, 5.41) is 2.57. The number of amides is 1. The molecule has 5 aromatic rings. The van der Waals surface area contributed by atoms with Crippen LogP contribution in [0.3, 0.4) is 0 Å². The second-order valence-corrected chi connectivity index (χ2v) is 10.5. The Balaban J connectivity index is 1.30. The number of rotatable bonds is 7. The van der Waals surface area contributed by atoms with Crippen LogP contribution in [-0.4, -0.2) is 45.8 Å². The summed E-state index contributed by atoms with van der Waals surface area (Å²) < 4.78 is 69.5. The van der Waals surface area contributed by atoms with Crippen LogP contribution >= 0.6 is 22.9 Å². The van der Waals surface area contributed by atoms with Crippen molar-refractivity contribution >= 4 is 56.0 Å². The first-order valence-electron chi connectivity index (χ1n) is 12.2. The van der Waals surface area contributed by atoms with Crippen molar-refractivity contribution in [2.45, 2.75) is 26.1 Å². The van der Waals surface area contributed by atoms with E-state index in [1.807, 2.05) is 19.1 Å². The van der Waals surface area contributed by atoms with E-state index in [2.05, 4.69) is 25.3 Å². The van der Waals surface area contributed by atoms with Crippen LogP contribution in [0.25, 0.3) is 31.8 Å². The molecule has 0 aliphatic heterocycles. The van der Waals surface area contributed by atoms with Crippen LogP contribution in [-0.2, 0) is 10.9 Å². The van der Waals surface area contributed by atoms with Gasteiger partial charge in [0, 0.05) is 11.6 Å². The summed E-state index contributed by atoms with van der Waals surface area (Å²) in [4.78, 5) is 28.9. The summed E-state index contributed by atoms with van der Waals surface area (Å²) in [5.74, 6) is -0.654. The number of carbonyl (C=O) groups excluding carboxylic acids is 1. The van der Waals surface area contributed by atoms with E-state index in [9.17, 15) is 18.0 Å². The van der Waals surface area contributed by atoms with Crippen LogP contribution in [0.4, 0.5) is 28.0 Å². The zero-order valence-corrected chi connectivity index (χ0v) is 23.6. The Bertz CT molecular complexity index is 1800. The number of nitrogens with one attached hydrogen (secondary N) is 1. The summed E-state index contributed by atoms with van der Waals surface area (Å²) in [6, 6.07) is 6.97. The van der Waals surface area contributed by atoms with E-state index in [4.69, 9.17) is 25.8 Å². The molecule has 2 aromatic carbocycles. The first-order valence-corrected chi connectivity index (χ1v) is 13.4. The molecule has 0 fully saturated rings. The summed E-state index contributed by atoms with van der Waals surface area (Å²) in [7, 11) is 1.50. The molecule has 0 aliphatic rings. The van der Waals surface area contributed by atoms with Crippen molar-refractivity contribution < 1.29 is 36.6 Å². The van der Waals surface area contributed by atoms with Crippen molar-refractivity contribution in [3.8, 4) is 22.2 Å². The summed E-state index contributed by atoms with van der Waals surface area (Å²) in [5.41, 5.74) is 1.94. The van der Waals surface area contributed by atoms with E-state index in [0.717, 1.165) is 23.9 Å². The third-order valence-corrected chi connectivity index (χ3v) is 7.20. The number of aromatic nitrogens is 4. The fraction of sp³-hybridized carbons (Fsp3) is 0.222. The smallest absolute Gasteiger partial charge is 0.433 e. The van der Waals surface area contributed by atoms with E-state index < -0.39 is 29.9 Å².